The molecule has 53 heavy (non-hydrogen) atoms. The number of urea groups is 1. The molecule has 12 heteroatoms. The second kappa shape index (κ2) is 18.5. The molecule has 0 fully saturated rings. The predicted molar refractivity (Wildman–Crippen MR) is 201 cm³/mol. The van der Waals surface area contributed by atoms with E-state index >= 15 is 0 Å². The van der Waals surface area contributed by atoms with Gasteiger partial charge >= 0.3 is 12.0 Å². The van der Waals surface area contributed by atoms with Crippen LogP contribution in [-0.4, -0.2) is 76.8 Å². The number of carbonyl (C=O) groups excluding carboxylic acids is 5. The second-order valence-corrected chi connectivity index (χ2v) is 13.6. The number of benzene rings is 3. The molecule has 4 N–H and O–H groups in total. The molecule has 5 rings (SSSR count). The first-order valence-electron chi connectivity index (χ1n) is 18.4. The van der Waals surface area contributed by atoms with Crippen LogP contribution in [0.2, 0.25) is 0 Å². The molecule has 12 nitrogen and oxygen atoms in total. The van der Waals surface area contributed by atoms with Crippen LogP contribution in [-0.2, 0) is 15.1 Å². The number of aliphatic carboxylic acids is 1. The van der Waals surface area contributed by atoms with E-state index in [1.54, 1.807) is 53.4 Å². The number of hydrogen-bond acceptors (Lipinski definition) is 7. The maximum Gasteiger partial charge on any atom is 0.455 e. The van der Waals surface area contributed by atoms with Crippen LogP contribution in [0, 0.1) is 0 Å². The number of fused-ring (bicyclic) bond motifs is 2. The van der Waals surface area contributed by atoms with Crippen LogP contribution in [0.3, 0.4) is 0 Å². The molecule has 0 radical (unpaired) electrons. The summed E-state index contributed by atoms with van der Waals surface area (Å²) in [5.41, 5.74) is 0.920. The molecule has 0 spiro atoms. The zero-order chi connectivity index (χ0) is 38.6. The Morgan fingerprint density at radius 2 is 1.40 bits per heavy atom. The minimum atomic E-state index is -1.55. The molecule has 4 amide bonds. The van der Waals surface area contributed by atoms with E-state index in [0.717, 1.165) is 37.7 Å². The Morgan fingerprint density at radius 3 is 2.08 bits per heavy atom. The molecule has 2 heterocycles. The average molecular weight is 728 g/mol. The quantitative estimate of drug-likeness (QED) is 0.0418. The number of Topliss-reactive ketones (excluding diaryl/α,β-unsaturated/α-hetero) is 2. The molecular weight excluding hydrogens is 676 g/mol. The third-order valence-electron chi connectivity index (χ3n) is 9.99. The minimum Gasteiger partial charge on any atom is -0.481 e. The van der Waals surface area contributed by atoms with Crippen LogP contribution in [0.4, 0.5) is 10.5 Å². The van der Waals surface area contributed by atoms with Gasteiger partial charge in [-0.3, -0.25) is 24.0 Å². The van der Waals surface area contributed by atoms with Crippen LogP contribution in [0.5, 0.6) is 0 Å². The van der Waals surface area contributed by atoms with Gasteiger partial charge in [-0.2, -0.15) is 0 Å². The van der Waals surface area contributed by atoms with Crippen molar-refractivity contribution in [2.45, 2.75) is 89.6 Å². The number of carboxylic acids is 1. The molecule has 0 aliphatic carbocycles. The first kappa shape index (κ1) is 40.6. The lowest BCUT2D eigenvalue weighted by molar-refractivity contribution is -0.137. The van der Waals surface area contributed by atoms with Crippen molar-refractivity contribution in [1.29, 1.82) is 0 Å². The molecule has 3 aromatic rings. The van der Waals surface area contributed by atoms with Crippen LogP contribution >= 0.6 is 0 Å². The molecule has 2 aliphatic heterocycles. The van der Waals surface area contributed by atoms with Crippen LogP contribution in [0.25, 0.3) is 0 Å². The third kappa shape index (κ3) is 8.72. The Morgan fingerprint density at radius 1 is 0.792 bits per heavy atom. The van der Waals surface area contributed by atoms with Gasteiger partial charge in [0, 0.05) is 43.8 Å². The number of hydroxylamine groups is 2. The van der Waals surface area contributed by atoms with Gasteiger partial charge in [-0.1, -0.05) is 111 Å². The molecule has 0 saturated carbocycles. The van der Waals surface area contributed by atoms with Gasteiger partial charge in [0.05, 0.1) is 5.56 Å². The largest absolute Gasteiger partial charge is 0.481 e. The van der Waals surface area contributed by atoms with Crippen molar-refractivity contribution in [1.82, 2.24) is 20.2 Å². The summed E-state index contributed by atoms with van der Waals surface area (Å²) < 4.78 is -1.39. The van der Waals surface area contributed by atoms with Gasteiger partial charge in [-0.25, -0.2) is 10.0 Å². The lowest BCUT2D eigenvalue weighted by Crippen LogP contribution is -2.63. The van der Waals surface area contributed by atoms with E-state index < -0.39 is 39.8 Å². The fraction of sp³-hybridized carbons (Fsp3) is 0.415. The number of unbranched alkanes of at least 4 members (excludes halogenated alkanes) is 7. The highest BCUT2D eigenvalue weighted by Gasteiger charge is 2.61. The maximum atomic E-state index is 13.2. The van der Waals surface area contributed by atoms with Crippen LogP contribution in [0.15, 0.2) is 78.9 Å². The van der Waals surface area contributed by atoms with Gasteiger partial charge in [-0.15, -0.1) is 0 Å². The van der Waals surface area contributed by atoms with Gasteiger partial charge in [0.2, 0.25) is 17.5 Å². The molecule has 3 unspecified atom stereocenters. The monoisotopic (exact) mass is 727 g/mol. The Balaban J connectivity index is 0.000000244. The fourth-order valence-corrected chi connectivity index (χ4v) is 7.04. The van der Waals surface area contributed by atoms with Crippen LogP contribution < -0.4 is 15.3 Å². The number of ketones is 2. The summed E-state index contributed by atoms with van der Waals surface area (Å²) in [4.78, 5) is 76.3. The highest BCUT2D eigenvalue weighted by molar-refractivity contribution is 6.27. The van der Waals surface area contributed by atoms with E-state index in [2.05, 4.69) is 17.6 Å². The summed E-state index contributed by atoms with van der Waals surface area (Å²) in [7, 11) is 1.34. The van der Waals surface area contributed by atoms with E-state index in [9.17, 15) is 34.0 Å². The number of nitrogens with one attached hydrogen (secondary N) is 2. The van der Waals surface area contributed by atoms with Crippen molar-refractivity contribution in [2.24, 2.45) is 0 Å². The van der Waals surface area contributed by atoms with Crippen molar-refractivity contribution in [3.05, 3.63) is 101 Å². The summed E-state index contributed by atoms with van der Waals surface area (Å²) in [6.45, 7) is 5.08. The SMILES string of the molecule is CCCCCCCCN1C(=O)c2ccccc2C1(C)C(=O)NCCCCCC(=O)O.CNC(=O)[N+]1(O)c2ccccc2C(=O)C1C(=O)c1ccccc1. The maximum absolute atomic E-state index is 13.2. The summed E-state index contributed by atoms with van der Waals surface area (Å²) >= 11 is 0. The zero-order valence-corrected chi connectivity index (χ0v) is 30.8. The summed E-state index contributed by atoms with van der Waals surface area (Å²) in [6.07, 6.45) is 8.99. The van der Waals surface area contributed by atoms with Crippen molar-refractivity contribution in [2.75, 3.05) is 20.1 Å². The number of rotatable bonds is 16. The van der Waals surface area contributed by atoms with E-state index in [1.165, 1.54) is 38.4 Å². The number of para-hydroxylation sites is 1. The number of carbonyl (C=O) groups is 6. The smallest absolute Gasteiger partial charge is 0.455 e. The number of quaternary nitrogens is 1. The summed E-state index contributed by atoms with van der Waals surface area (Å²) in [6, 6.07) is 19.4. The Kier molecular flexibility index (Phi) is 14.2. The third-order valence-corrected chi connectivity index (χ3v) is 9.99. The molecule has 3 aromatic carbocycles. The van der Waals surface area contributed by atoms with E-state index in [1.807, 2.05) is 25.1 Å². The predicted octanol–water partition coefficient (Wildman–Crippen LogP) is 6.65. The first-order chi connectivity index (χ1) is 25.4. The normalized spacial score (nSPS) is 19.8. The molecule has 3 atom stereocenters. The first-order valence-corrected chi connectivity index (χ1v) is 18.4. The Bertz CT molecular complexity index is 1800. The molecule has 2 aliphatic rings. The van der Waals surface area contributed by atoms with Gasteiger partial charge < -0.3 is 20.6 Å². The second-order valence-electron chi connectivity index (χ2n) is 13.6. The van der Waals surface area contributed by atoms with E-state index in [-0.39, 0.29) is 35.0 Å². The average Bonchev–Trinajstić information content (AvgIpc) is 3.54. The van der Waals surface area contributed by atoms with Gasteiger partial charge in [0.25, 0.3) is 11.9 Å². The standard InChI is InChI=1S/C24H36N2O4.C17H14N2O4/c1-3-4-5-6-7-13-18-26-22(29)19-14-10-11-15-20(19)24(26,2)23(30)25-17-12-8-9-16-21(27)28;1-18-17(22)19(23)13-10-6-5-9-12(13)16(21)14(19)15(20)11-7-3-2-4-8-11/h10-11,14-15H,3-9,12-13,16-18H2,1-2H3,(H,25,30)(H,27,28);2-10,14,23H,1H3/p+1. The number of nitrogens with zero attached hydrogens (tertiary/aromatic N) is 2. The van der Waals surface area contributed by atoms with Crippen LogP contribution in [0.1, 0.15) is 115 Å². The number of amides is 4. The molecule has 0 aromatic heterocycles. The van der Waals surface area contributed by atoms with Crippen molar-refractivity contribution in [3.8, 4) is 0 Å². The van der Waals surface area contributed by atoms with Gasteiger partial charge in [-0.05, 0) is 43.9 Å². The minimum absolute atomic E-state index is 0.0710. The van der Waals surface area contributed by atoms with Gasteiger partial charge in [0.1, 0.15) is 5.54 Å². The lowest BCUT2D eigenvalue weighted by Gasteiger charge is -2.35. The van der Waals surface area contributed by atoms with Crippen molar-refractivity contribution in [3.63, 3.8) is 0 Å². The number of hydrogen-bond donors (Lipinski definition) is 4. The Hall–Kier alpha value is -5.20. The molecule has 282 valence electrons. The topological polar surface area (TPSA) is 170 Å². The molecular formula is C41H51N4O8+. The van der Waals surface area contributed by atoms with Gasteiger partial charge in [0.15, 0.2) is 5.69 Å². The summed E-state index contributed by atoms with van der Waals surface area (Å²) in [5, 5.41) is 25.0. The zero-order valence-electron chi connectivity index (χ0n) is 30.8. The van der Waals surface area contributed by atoms with Crippen molar-refractivity contribution >= 4 is 41.1 Å². The fourth-order valence-electron chi connectivity index (χ4n) is 7.04. The summed E-state index contributed by atoms with van der Waals surface area (Å²) in [5.74, 6) is -2.19. The van der Waals surface area contributed by atoms with Crippen molar-refractivity contribution < 1.29 is 39.1 Å². The van der Waals surface area contributed by atoms with E-state index in [4.69, 9.17) is 5.11 Å². The molecule has 0 saturated heterocycles. The highest BCUT2D eigenvalue weighted by atomic mass is 16.6. The number of carboxylic acid groups (broad SMARTS) is 1. The van der Waals surface area contributed by atoms with E-state index in [0.29, 0.717) is 25.1 Å². The lowest BCUT2D eigenvalue weighted by atomic mass is 9.90. The Labute approximate surface area is 310 Å². The highest BCUT2D eigenvalue weighted by Crippen LogP contribution is 2.40. The molecule has 0 bridgehead atoms.